The molecule has 0 atom stereocenters. The minimum absolute atomic E-state index is 0.142. The molecule has 0 bridgehead atoms. The predicted molar refractivity (Wildman–Crippen MR) is 101 cm³/mol. The highest BCUT2D eigenvalue weighted by Crippen LogP contribution is 2.16. The zero-order valence-corrected chi connectivity index (χ0v) is 15.3. The molecule has 0 saturated heterocycles. The summed E-state index contributed by atoms with van der Waals surface area (Å²) in [6.07, 6.45) is 1.38. The number of carbonyl (C=O) groups is 1. The largest absolute Gasteiger partial charge is 0.497 e. The van der Waals surface area contributed by atoms with Gasteiger partial charge in [-0.1, -0.05) is 12.1 Å². The molecule has 0 fully saturated rings. The number of carbonyl (C=O) groups excluding carboxylic acids is 1. The average Bonchev–Trinajstić information content (AvgIpc) is 2.69. The second-order valence-corrected chi connectivity index (χ2v) is 5.98. The third-order valence-corrected chi connectivity index (χ3v) is 3.99. The Kier molecular flexibility index (Phi) is 5.78. The van der Waals surface area contributed by atoms with Gasteiger partial charge in [0, 0.05) is 24.5 Å². The lowest BCUT2D eigenvalue weighted by Gasteiger charge is -2.10. The zero-order chi connectivity index (χ0) is 20.1. The molecule has 1 aromatic heterocycles. The van der Waals surface area contributed by atoms with Gasteiger partial charge in [0.05, 0.1) is 18.4 Å². The molecule has 144 valence electrons. The fourth-order valence-electron chi connectivity index (χ4n) is 2.51. The molecule has 0 saturated carbocycles. The molecule has 28 heavy (non-hydrogen) atoms. The van der Waals surface area contributed by atoms with Crippen LogP contribution >= 0.6 is 0 Å². The number of methoxy groups -OCH3 is 1. The number of aromatic nitrogens is 2. The summed E-state index contributed by atoms with van der Waals surface area (Å²) in [5.74, 6) is -1.42. The average molecular weight is 384 g/mol. The summed E-state index contributed by atoms with van der Waals surface area (Å²) >= 11 is 0. The number of hydrogen-bond acceptors (Lipinski definition) is 5. The van der Waals surface area contributed by atoms with Crippen LogP contribution in [0.2, 0.25) is 0 Å². The Morgan fingerprint density at radius 1 is 1.14 bits per heavy atom. The van der Waals surface area contributed by atoms with E-state index >= 15 is 0 Å². The number of anilines is 2. The van der Waals surface area contributed by atoms with Gasteiger partial charge in [-0.3, -0.25) is 4.79 Å². The summed E-state index contributed by atoms with van der Waals surface area (Å²) < 4.78 is 31.4. The molecular weight excluding hydrogens is 366 g/mol. The molecule has 0 aliphatic rings. The van der Waals surface area contributed by atoms with E-state index in [2.05, 4.69) is 20.6 Å². The summed E-state index contributed by atoms with van der Waals surface area (Å²) in [5, 5.41) is 5.58. The number of ether oxygens (including phenoxy) is 1. The summed E-state index contributed by atoms with van der Waals surface area (Å²) in [6.45, 7) is 2.15. The highest BCUT2D eigenvalue weighted by molar-refractivity contribution is 6.04. The van der Waals surface area contributed by atoms with Crippen molar-refractivity contribution in [3.8, 4) is 5.75 Å². The standard InChI is InChI=1S/C20H18F2N4O2/c1-12-16(19(27)26-14-6-7-17(21)18(22)9-14)11-24-20(25-12)23-10-13-4-3-5-15(8-13)28-2/h3-9,11H,10H2,1-2H3,(H,26,27)(H,23,24,25). The smallest absolute Gasteiger partial charge is 0.259 e. The van der Waals surface area contributed by atoms with Gasteiger partial charge in [0.1, 0.15) is 5.75 Å². The summed E-state index contributed by atoms with van der Waals surface area (Å²) in [4.78, 5) is 20.8. The third kappa shape index (κ3) is 4.59. The molecule has 0 radical (unpaired) electrons. The van der Waals surface area contributed by atoms with Crippen LogP contribution in [0.3, 0.4) is 0 Å². The van der Waals surface area contributed by atoms with Crippen molar-refractivity contribution in [3.63, 3.8) is 0 Å². The molecule has 0 aliphatic heterocycles. The number of hydrogen-bond donors (Lipinski definition) is 2. The van der Waals surface area contributed by atoms with E-state index in [4.69, 9.17) is 4.74 Å². The Bertz CT molecular complexity index is 1010. The van der Waals surface area contributed by atoms with Crippen molar-refractivity contribution >= 4 is 17.5 Å². The van der Waals surface area contributed by atoms with Crippen LogP contribution in [0.4, 0.5) is 20.4 Å². The number of nitrogens with zero attached hydrogens (tertiary/aromatic N) is 2. The highest BCUT2D eigenvalue weighted by atomic mass is 19.2. The van der Waals surface area contributed by atoms with Crippen molar-refractivity contribution in [1.82, 2.24) is 9.97 Å². The van der Waals surface area contributed by atoms with Crippen molar-refractivity contribution in [1.29, 1.82) is 0 Å². The first-order valence-electron chi connectivity index (χ1n) is 8.43. The predicted octanol–water partition coefficient (Wildman–Crippen LogP) is 3.94. The summed E-state index contributed by atoms with van der Waals surface area (Å²) in [6, 6.07) is 10.7. The van der Waals surface area contributed by atoms with E-state index in [1.165, 1.54) is 12.3 Å². The molecule has 1 heterocycles. The first-order chi connectivity index (χ1) is 13.5. The Hall–Kier alpha value is -3.55. The van der Waals surface area contributed by atoms with Gasteiger partial charge in [0.25, 0.3) is 5.91 Å². The van der Waals surface area contributed by atoms with Gasteiger partial charge in [0.15, 0.2) is 11.6 Å². The van der Waals surface area contributed by atoms with Gasteiger partial charge in [-0.05, 0) is 36.8 Å². The van der Waals surface area contributed by atoms with Crippen LogP contribution in [0.5, 0.6) is 5.75 Å². The van der Waals surface area contributed by atoms with Crippen molar-refractivity contribution < 1.29 is 18.3 Å². The maximum Gasteiger partial charge on any atom is 0.259 e. The minimum Gasteiger partial charge on any atom is -0.497 e. The second kappa shape index (κ2) is 8.43. The van der Waals surface area contributed by atoms with E-state index in [9.17, 15) is 13.6 Å². The van der Waals surface area contributed by atoms with Crippen LogP contribution in [-0.2, 0) is 6.54 Å². The van der Waals surface area contributed by atoms with Crippen molar-refractivity contribution in [2.45, 2.75) is 13.5 Å². The maximum absolute atomic E-state index is 13.3. The summed E-state index contributed by atoms with van der Waals surface area (Å²) in [5.41, 5.74) is 1.81. The molecule has 1 amide bonds. The second-order valence-electron chi connectivity index (χ2n) is 5.98. The van der Waals surface area contributed by atoms with Crippen LogP contribution in [0.1, 0.15) is 21.6 Å². The first kappa shape index (κ1) is 19.2. The highest BCUT2D eigenvalue weighted by Gasteiger charge is 2.13. The SMILES string of the molecule is COc1cccc(CNc2ncc(C(=O)Nc3ccc(F)c(F)c3)c(C)n2)c1. The normalized spacial score (nSPS) is 10.4. The number of halogens is 2. The fraction of sp³-hybridized carbons (Fsp3) is 0.150. The number of benzene rings is 2. The van der Waals surface area contributed by atoms with Crippen LogP contribution in [0, 0.1) is 18.6 Å². The monoisotopic (exact) mass is 384 g/mol. The van der Waals surface area contributed by atoms with E-state index in [0.29, 0.717) is 18.2 Å². The Balaban J connectivity index is 1.67. The van der Waals surface area contributed by atoms with Crippen molar-refractivity contribution in [3.05, 3.63) is 77.1 Å². The number of nitrogens with one attached hydrogen (secondary N) is 2. The lowest BCUT2D eigenvalue weighted by Crippen LogP contribution is -2.16. The molecular formula is C20H18F2N4O2. The van der Waals surface area contributed by atoms with Gasteiger partial charge in [0.2, 0.25) is 5.95 Å². The van der Waals surface area contributed by atoms with Gasteiger partial charge >= 0.3 is 0 Å². The Morgan fingerprint density at radius 3 is 2.68 bits per heavy atom. The fourth-order valence-corrected chi connectivity index (χ4v) is 2.51. The number of rotatable bonds is 6. The van der Waals surface area contributed by atoms with E-state index < -0.39 is 17.5 Å². The molecule has 8 heteroatoms. The maximum atomic E-state index is 13.3. The zero-order valence-electron chi connectivity index (χ0n) is 15.3. The Morgan fingerprint density at radius 2 is 1.96 bits per heavy atom. The lowest BCUT2D eigenvalue weighted by atomic mass is 10.2. The molecule has 0 spiro atoms. The number of amides is 1. The molecule has 2 aromatic carbocycles. The Labute approximate surface area is 160 Å². The molecule has 6 nitrogen and oxygen atoms in total. The quantitative estimate of drug-likeness (QED) is 0.673. The van der Waals surface area contributed by atoms with Gasteiger partial charge in [-0.2, -0.15) is 0 Å². The number of aryl methyl sites for hydroxylation is 1. The van der Waals surface area contributed by atoms with E-state index in [-0.39, 0.29) is 11.3 Å². The first-order valence-corrected chi connectivity index (χ1v) is 8.43. The molecule has 0 unspecified atom stereocenters. The molecule has 3 aromatic rings. The van der Waals surface area contributed by atoms with Gasteiger partial charge in [-0.25, -0.2) is 18.7 Å². The van der Waals surface area contributed by atoms with Crippen LogP contribution < -0.4 is 15.4 Å². The van der Waals surface area contributed by atoms with Gasteiger partial charge < -0.3 is 15.4 Å². The van der Waals surface area contributed by atoms with Crippen molar-refractivity contribution in [2.75, 3.05) is 17.7 Å². The molecule has 3 rings (SSSR count). The van der Waals surface area contributed by atoms with Crippen LogP contribution in [0.15, 0.2) is 48.7 Å². The van der Waals surface area contributed by atoms with E-state index in [0.717, 1.165) is 23.4 Å². The minimum atomic E-state index is -1.04. The topological polar surface area (TPSA) is 76.1 Å². The lowest BCUT2D eigenvalue weighted by molar-refractivity contribution is 0.102. The molecule has 2 N–H and O–H groups in total. The van der Waals surface area contributed by atoms with E-state index in [1.807, 2.05) is 24.3 Å². The third-order valence-electron chi connectivity index (χ3n) is 3.99. The van der Waals surface area contributed by atoms with Crippen molar-refractivity contribution in [2.24, 2.45) is 0 Å². The van der Waals surface area contributed by atoms with Crippen LogP contribution in [-0.4, -0.2) is 23.0 Å². The van der Waals surface area contributed by atoms with E-state index in [1.54, 1.807) is 14.0 Å². The summed E-state index contributed by atoms with van der Waals surface area (Å²) in [7, 11) is 1.60. The van der Waals surface area contributed by atoms with Crippen LogP contribution in [0.25, 0.3) is 0 Å². The van der Waals surface area contributed by atoms with Gasteiger partial charge in [-0.15, -0.1) is 0 Å². The molecule has 0 aliphatic carbocycles.